The van der Waals surface area contributed by atoms with Crippen molar-refractivity contribution in [3.63, 3.8) is 0 Å². The van der Waals surface area contributed by atoms with Crippen LogP contribution in [0.5, 0.6) is 0 Å². The van der Waals surface area contributed by atoms with E-state index in [0.29, 0.717) is 22.2 Å². The van der Waals surface area contributed by atoms with Crippen LogP contribution < -0.4 is 5.73 Å². The van der Waals surface area contributed by atoms with Gasteiger partial charge in [-0.25, -0.2) is 18.4 Å². The lowest BCUT2D eigenvalue weighted by molar-refractivity contribution is 0.362. The second-order valence-electron chi connectivity index (χ2n) is 8.53. The SMILES string of the molecule is Cc1ccc(C)c(S(=O)(=O)c2c(N)n(C3CCCCC3)c3nc4ccccc4nc23)c1. The maximum Gasteiger partial charge on any atom is 0.212 e. The first-order valence-electron chi connectivity index (χ1n) is 10.8. The van der Waals surface area contributed by atoms with Gasteiger partial charge in [-0.3, -0.25) is 0 Å². The maximum atomic E-state index is 13.9. The highest BCUT2D eigenvalue weighted by Crippen LogP contribution is 2.41. The summed E-state index contributed by atoms with van der Waals surface area (Å²) >= 11 is 0. The van der Waals surface area contributed by atoms with Gasteiger partial charge in [0.1, 0.15) is 16.2 Å². The fourth-order valence-corrected chi connectivity index (χ4v) is 6.55. The van der Waals surface area contributed by atoms with Crippen LogP contribution in [0.2, 0.25) is 0 Å². The molecule has 6 nitrogen and oxygen atoms in total. The summed E-state index contributed by atoms with van der Waals surface area (Å²) in [6, 6.07) is 13.1. The summed E-state index contributed by atoms with van der Waals surface area (Å²) in [5, 5.41) is 0. The molecule has 1 aliphatic rings. The Labute approximate surface area is 182 Å². The van der Waals surface area contributed by atoms with Gasteiger partial charge >= 0.3 is 0 Å². The van der Waals surface area contributed by atoms with Gasteiger partial charge in [0.25, 0.3) is 0 Å². The largest absolute Gasteiger partial charge is 0.384 e. The van der Waals surface area contributed by atoms with Crippen LogP contribution in [0.1, 0.15) is 49.3 Å². The number of benzene rings is 2. The fourth-order valence-electron chi connectivity index (χ4n) is 4.74. The molecule has 0 saturated heterocycles. The third kappa shape index (κ3) is 3.19. The Balaban J connectivity index is 1.86. The number of hydrogen-bond acceptors (Lipinski definition) is 5. The molecule has 2 aromatic heterocycles. The first-order valence-corrected chi connectivity index (χ1v) is 12.2. The third-order valence-electron chi connectivity index (χ3n) is 6.33. The number of fused-ring (bicyclic) bond motifs is 2. The van der Waals surface area contributed by atoms with Crippen molar-refractivity contribution in [3.05, 3.63) is 53.6 Å². The molecule has 5 rings (SSSR count). The maximum absolute atomic E-state index is 13.9. The van der Waals surface area contributed by atoms with E-state index in [-0.39, 0.29) is 21.7 Å². The van der Waals surface area contributed by atoms with Crippen molar-refractivity contribution in [3.8, 4) is 0 Å². The second kappa shape index (κ2) is 7.34. The van der Waals surface area contributed by atoms with E-state index in [2.05, 4.69) is 0 Å². The Morgan fingerprint density at radius 1 is 0.968 bits per heavy atom. The normalized spacial score (nSPS) is 15.7. The molecule has 2 N–H and O–H groups in total. The van der Waals surface area contributed by atoms with Gasteiger partial charge in [-0.05, 0) is 56.0 Å². The molecule has 7 heteroatoms. The van der Waals surface area contributed by atoms with Crippen molar-refractivity contribution >= 4 is 37.9 Å². The highest BCUT2D eigenvalue weighted by Gasteiger charge is 2.33. The Morgan fingerprint density at radius 2 is 1.65 bits per heavy atom. The van der Waals surface area contributed by atoms with Crippen molar-refractivity contribution < 1.29 is 8.42 Å². The van der Waals surface area contributed by atoms with Crippen LogP contribution in [0.25, 0.3) is 22.2 Å². The Hall–Kier alpha value is -2.93. The predicted octanol–water partition coefficient (Wildman–Crippen LogP) is 5.12. The summed E-state index contributed by atoms with van der Waals surface area (Å²) in [7, 11) is -3.88. The summed E-state index contributed by atoms with van der Waals surface area (Å²) < 4.78 is 29.8. The number of sulfone groups is 1. The van der Waals surface area contributed by atoms with Crippen molar-refractivity contribution in [1.29, 1.82) is 0 Å². The van der Waals surface area contributed by atoms with Crippen molar-refractivity contribution in [2.75, 3.05) is 5.73 Å². The van der Waals surface area contributed by atoms with Crippen molar-refractivity contribution in [2.45, 2.75) is 61.8 Å². The van der Waals surface area contributed by atoms with Crippen LogP contribution in [0, 0.1) is 13.8 Å². The van der Waals surface area contributed by atoms with Gasteiger partial charge in [0.15, 0.2) is 5.65 Å². The van der Waals surface area contributed by atoms with Gasteiger partial charge in [-0.2, -0.15) is 0 Å². The molecule has 1 saturated carbocycles. The molecular formula is C24H26N4O2S. The van der Waals surface area contributed by atoms with Gasteiger partial charge < -0.3 is 10.3 Å². The monoisotopic (exact) mass is 434 g/mol. The fraction of sp³-hybridized carbons (Fsp3) is 0.333. The zero-order valence-corrected chi connectivity index (χ0v) is 18.6. The molecule has 2 aromatic carbocycles. The zero-order valence-electron chi connectivity index (χ0n) is 17.8. The van der Waals surface area contributed by atoms with Gasteiger partial charge in [0.05, 0.1) is 15.9 Å². The van der Waals surface area contributed by atoms with E-state index < -0.39 is 9.84 Å². The Morgan fingerprint density at radius 3 is 2.35 bits per heavy atom. The molecule has 1 fully saturated rings. The minimum atomic E-state index is -3.88. The third-order valence-corrected chi connectivity index (χ3v) is 8.29. The molecule has 0 unspecified atom stereocenters. The lowest BCUT2D eigenvalue weighted by Crippen LogP contribution is -2.16. The van der Waals surface area contributed by atoms with Gasteiger partial charge in [0, 0.05) is 6.04 Å². The van der Waals surface area contributed by atoms with Gasteiger partial charge in [0.2, 0.25) is 9.84 Å². The molecule has 0 radical (unpaired) electrons. The molecule has 0 bridgehead atoms. The van der Waals surface area contributed by atoms with Crippen molar-refractivity contribution in [2.24, 2.45) is 0 Å². The van der Waals surface area contributed by atoms with E-state index >= 15 is 0 Å². The van der Waals surface area contributed by atoms with Crippen LogP contribution in [0.3, 0.4) is 0 Å². The predicted molar refractivity (Wildman–Crippen MR) is 123 cm³/mol. The quantitative estimate of drug-likeness (QED) is 0.483. The number of anilines is 1. The zero-order chi connectivity index (χ0) is 21.8. The van der Waals surface area contributed by atoms with Crippen LogP contribution in [0.4, 0.5) is 5.82 Å². The molecule has 0 atom stereocenters. The summed E-state index contributed by atoms with van der Waals surface area (Å²) in [5.41, 5.74) is 10.5. The molecule has 4 aromatic rings. The number of nitrogen functional groups attached to an aromatic ring is 1. The lowest BCUT2D eigenvalue weighted by Gasteiger charge is -2.25. The van der Waals surface area contributed by atoms with Crippen LogP contribution >= 0.6 is 0 Å². The number of nitrogens with two attached hydrogens (primary N) is 1. The molecule has 0 aliphatic heterocycles. The number of nitrogens with zero attached hydrogens (tertiary/aromatic N) is 3. The first-order chi connectivity index (χ1) is 14.9. The Kier molecular flexibility index (Phi) is 4.73. The smallest absolute Gasteiger partial charge is 0.212 e. The molecule has 0 amide bonds. The standard InChI is InChI=1S/C24H26N4O2S/c1-15-12-13-16(2)20(14-15)31(29,30)22-21-24(27-19-11-7-6-10-18(19)26-21)28(23(22)25)17-8-4-3-5-9-17/h6-7,10-14,17H,3-5,8-9,25H2,1-2H3. The van der Waals surface area contributed by atoms with E-state index in [1.807, 2.05) is 54.8 Å². The first kappa shape index (κ1) is 20.0. The highest BCUT2D eigenvalue weighted by atomic mass is 32.2. The molecule has 0 spiro atoms. The van der Waals surface area contributed by atoms with Gasteiger partial charge in [-0.1, -0.05) is 43.5 Å². The van der Waals surface area contributed by atoms with E-state index in [4.69, 9.17) is 15.7 Å². The molecule has 31 heavy (non-hydrogen) atoms. The summed E-state index contributed by atoms with van der Waals surface area (Å²) in [4.78, 5) is 9.95. The number of hydrogen-bond donors (Lipinski definition) is 1. The number of para-hydroxylation sites is 2. The minimum absolute atomic E-state index is 0.0834. The van der Waals surface area contributed by atoms with E-state index in [1.165, 1.54) is 6.42 Å². The molecule has 2 heterocycles. The topological polar surface area (TPSA) is 90.9 Å². The lowest BCUT2D eigenvalue weighted by atomic mass is 9.95. The van der Waals surface area contributed by atoms with E-state index in [9.17, 15) is 8.42 Å². The minimum Gasteiger partial charge on any atom is -0.384 e. The van der Waals surface area contributed by atoms with Gasteiger partial charge in [-0.15, -0.1) is 0 Å². The van der Waals surface area contributed by atoms with Crippen LogP contribution in [-0.2, 0) is 9.84 Å². The summed E-state index contributed by atoms with van der Waals surface area (Å²) in [6.45, 7) is 3.70. The van der Waals surface area contributed by atoms with Crippen molar-refractivity contribution in [1.82, 2.24) is 14.5 Å². The number of aromatic nitrogens is 3. The van der Waals surface area contributed by atoms with E-state index in [0.717, 1.165) is 36.8 Å². The molecule has 1 aliphatic carbocycles. The summed E-state index contributed by atoms with van der Waals surface area (Å²) in [5.74, 6) is 0.248. The van der Waals surface area contributed by atoms with Crippen LogP contribution in [-0.4, -0.2) is 23.0 Å². The number of aryl methyl sites for hydroxylation is 2. The highest BCUT2D eigenvalue weighted by molar-refractivity contribution is 7.92. The second-order valence-corrected chi connectivity index (χ2v) is 10.4. The Bertz CT molecular complexity index is 1420. The molecular weight excluding hydrogens is 408 g/mol. The van der Waals surface area contributed by atoms with E-state index in [1.54, 1.807) is 6.07 Å². The molecule has 160 valence electrons. The number of rotatable bonds is 3. The average Bonchev–Trinajstić information content (AvgIpc) is 3.05. The van der Waals surface area contributed by atoms with Crippen LogP contribution in [0.15, 0.2) is 52.3 Å². The summed E-state index contributed by atoms with van der Waals surface area (Å²) in [6.07, 6.45) is 5.32. The average molecular weight is 435 g/mol.